The smallest absolute Gasteiger partial charge is 0.407 e. The maximum absolute atomic E-state index is 14.1. The summed E-state index contributed by atoms with van der Waals surface area (Å²) < 4.78 is 10.5. The molecule has 12 nitrogen and oxygen atoms in total. The summed E-state index contributed by atoms with van der Waals surface area (Å²) in [6.45, 7) is 2.48. The number of amides is 3. The molecule has 61 heavy (non-hydrogen) atoms. The number of aromatic nitrogens is 4. The number of carbonyl (C=O) groups excluding carboxylic acids is 3. The molecule has 0 unspecified atom stereocenters. The van der Waals surface area contributed by atoms with E-state index in [0.717, 1.165) is 104 Å². The largest absolute Gasteiger partial charge is 0.453 e. The first kappa shape index (κ1) is 38.7. The second kappa shape index (κ2) is 16.5. The number of likely N-dealkylation sites (tertiary alicyclic amines) is 2. The van der Waals surface area contributed by atoms with E-state index < -0.39 is 12.1 Å². The Bertz CT molecular complexity index is 2760. The van der Waals surface area contributed by atoms with Crippen molar-refractivity contribution in [1.82, 2.24) is 35.1 Å². The van der Waals surface area contributed by atoms with E-state index in [1.807, 2.05) is 46.3 Å². The lowest BCUT2D eigenvalue weighted by Gasteiger charge is -2.34. The Morgan fingerprint density at radius 2 is 1.44 bits per heavy atom. The highest BCUT2D eigenvalue weighted by atomic mass is 16.5. The van der Waals surface area contributed by atoms with E-state index in [1.54, 1.807) is 0 Å². The molecule has 0 spiro atoms. The number of nitrogens with zero attached hydrogens (tertiary/aromatic N) is 4. The molecule has 7 aromatic rings. The van der Waals surface area contributed by atoms with Crippen LogP contribution < -0.4 is 5.32 Å². The zero-order chi connectivity index (χ0) is 41.5. The van der Waals surface area contributed by atoms with Gasteiger partial charge in [0.2, 0.25) is 11.8 Å². The van der Waals surface area contributed by atoms with Crippen molar-refractivity contribution in [2.45, 2.75) is 63.1 Å². The summed E-state index contributed by atoms with van der Waals surface area (Å²) in [6, 6.07) is 32.7. The molecular weight excluding hydrogens is 767 g/mol. The minimum Gasteiger partial charge on any atom is -0.453 e. The van der Waals surface area contributed by atoms with Crippen LogP contribution in [0.1, 0.15) is 67.8 Å². The molecule has 310 valence electrons. The molecule has 12 heteroatoms. The number of hydrogen-bond acceptors (Lipinski definition) is 7. The highest BCUT2D eigenvalue weighted by molar-refractivity contribution is 6.05. The van der Waals surface area contributed by atoms with Crippen LogP contribution in [-0.2, 0) is 25.5 Å². The molecule has 5 aromatic carbocycles. The summed E-state index contributed by atoms with van der Waals surface area (Å²) in [5.74, 6) is 1.61. The fourth-order valence-electron chi connectivity index (χ4n) is 9.74. The molecule has 3 amide bonds. The minimum absolute atomic E-state index is 0.0231. The monoisotopic (exact) mass is 815 g/mol. The van der Waals surface area contributed by atoms with Crippen molar-refractivity contribution in [2.24, 2.45) is 5.92 Å². The molecule has 0 radical (unpaired) electrons. The second-order valence-corrected chi connectivity index (χ2v) is 16.6. The first-order valence-corrected chi connectivity index (χ1v) is 21.5. The lowest BCUT2D eigenvalue weighted by molar-refractivity contribution is -0.137. The summed E-state index contributed by atoms with van der Waals surface area (Å²) in [6.07, 6.45) is 6.58. The van der Waals surface area contributed by atoms with Gasteiger partial charge in [0.25, 0.3) is 0 Å². The SMILES string of the molecule is COC(=O)N[C@H](C(=O)N1CCC[C@H]1c1nc2c(ccc3cc(-c4ccc5cc(-c6cnc([C@@H]7CCCN7C(=O)Cc7ccccc7)[nH]6)ccc5c4)ccc32)[nH]1)C1CCOCC1. The molecule has 3 aliphatic heterocycles. The predicted molar refractivity (Wildman–Crippen MR) is 235 cm³/mol. The molecule has 3 saturated heterocycles. The zero-order valence-corrected chi connectivity index (χ0v) is 34.2. The number of imidazole rings is 2. The zero-order valence-electron chi connectivity index (χ0n) is 34.2. The number of nitrogens with one attached hydrogen (secondary N) is 3. The van der Waals surface area contributed by atoms with Crippen LogP contribution in [0.15, 0.2) is 103 Å². The van der Waals surface area contributed by atoms with E-state index in [2.05, 4.69) is 82.0 Å². The van der Waals surface area contributed by atoms with Crippen molar-refractivity contribution in [2.75, 3.05) is 33.4 Å². The Morgan fingerprint density at radius 3 is 2.21 bits per heavy atom. The van der Waals surface area contributed by atoms with Crippen molar-refractivity contribution >= 4 is 50.5 Å². The number of fused-ring (bicyclic) bond motifs is 4. The van der Waals surface area contributed by atoms with Crippen molar-refractivity contribution in [3.63, 3.8) is 0 Å². The number of aromatic amines is 2. The molecule has 3 fully saturated rings. The fourth-order valence-corrected chi connectivity index (χ4v) is 9.74. The summed E-state index contributed by atoms with van der Waals surface area (Å²) in [7, 11) is 1.32. The van der Waals surface area contributed by atoms with E-state index in [9.17, 15) is 14.4 Å². The maximum atomic E-state index is 14.1. The number of alkyl carbamates (subject to hydrolysis) is 1. The van der Waals surface area contributed by atoms with Gasteiger partial charge in [-0.15, -0.1) is 0 Å². The Hall–Kier alpha value is -6.53. The average molecular weight is 816 g/mol. The van der Waals surface area contributed by atoms with Crippen LogP contribution in [0, 0.1) is 5.92 Å². The van der Waals surface area contributed by atoms with Crippen LogP contribution in [0.25, 0.3) is 55.0 Å². The minimum atomic E-state index is -0.680. The third-order valence-corrected chi connectivity index (χ3v) is 13.0. The Morgan fingerprint density at radius 1 is 0.770 bits per heavy atom. The number of ether oxygens (including phenoxy) is 2. The van der Waals surface area contributed by atoms with Gasteiger partial charge >= 0.3 is 6.09 Å². The standard InChI is InChI=1S/C49H49N7O5/c1-60-49(59)54-44(31-19-23-61-24-20-31)48(58)56-22-6-10-42(56)47-51-39-18-16-36-27-35(15-17-38(36)45(39)53-47)32-11-12-34-28-37(14-13-33(34)26-32)40-29-50-46(52-40)41-9-5-21-55(41)43(57)25-30-7-3-2-4-8-30/h2-4,7-8,11-18,26-29,31,41-42,44H,5-6,9-10,19-25H2,1H3,(H,50,52)(H,51,53)(H,54,59)/t41-,42-,44-/m0/s1. The van der Waals surface area contributed by atoms with E-state index in [4.69, 9.17) is 19.4 Å². The first-order valence-electron chi connectivity index (χ1n) is 21.5. The highest BCUT2D eigenvalue weighted by Crippen LogP contribution is 2.37. The van der Waals surface area contributed by atoms with Crippen molar-refractivity contribution in [3.05, 3.63) is 120 Å². The van der Waals surface area contributed by atoms with Gasteiger partial charge in [-0.3, -0.25) is 9.59 Å². The van der Waals surface area contributed by atoms with E-state index in [-0.39, 0.29) is 29.8 Å². The topological polar surface area (TPSA) is 146 Å². The van der Waals surface area contributed by atoms with E-state index in [1.165, 1.54) is 7.11 Å². The van der Waals surface area contributed by atoms with Gasteiger partial charge in [0.1, 0.15) is 17.7 Å². The molecule has 0 aliphatic carbocycles. The fraction of sp³-hybridized carbons (Fsp3) is 0.327. The first-order chi connectivity index (χ1) is 29.9. The average Bonchev–Trinajstić information content (AvgIpc) is 4.15. The molecule has 10 rings (SSSR count). The Labute approximate surface area is 353 Å². The van der Waals surface area contributed by atoms with Crippen LogP contribution in [-0.4, -0.2) is 87.1 Å². The van der Waals surface area contributed by atoms with Gasteiger partial charge in [0, 0.05) is 37.3 Å². The van der Waals surface area contributed by atoms with Crippen LogP contribution >= 0.6 is 0 Å². The number of hydrogen-bond donors (Lipinski definition) is 3. The van der Waals surface area contributed by atoms with Gasteiger partial charge < -0.3 is 34.6 Å². The molecule has 0 saturated carbocycles. The summed E-state index contributed by atoms with van der Waals surface area (Å²) >= 11 is 0. The number of H-pyrrole nitrogens is 2. The van der Waals surface area contributed by atoms with Crippen LogP contribution in [0.5, 0.6) is 0 Å². The lowest BCUT2D eigenvalue weighted by atomic mass is 9.90. The van der Waals surface area contributed by atoms with Crippen LogP contribution in [0.4, 0.5) is 4.79 Å². The van der Waals surface area contributed by atoms with Crippen LogP contribution in [0.3, 0.4) is 0 Å². The van der Waals surface area contributed by atoms with Gasteiger partial charge in [-0.05, 0) is 102 Å². The number of benzene rings is 5. The molecule has 3 N–H and O–H groups in total. The summed E-state index contributed by atoms with van der Waals surface area (Å²) in [4.78, 5) is 60.6. The van der Waals surface area contributed by atoms with Crippen molar-refractivity contribution < 1.29 is 23.9 Å². The molecule has 0 bridgehead atoms. The van der Waals surface area contributed by atoms with Crippen molar-refractivity contribution in [3.8, 4) is 22.4 Å². The summed E-state index contributed by atoms with van der Waals surface area (Å²) in [5.41, 5.74) is 7.04. The van der Waals surface area contributed by atoms with Crippen molar-refractivity contribution in [1.29, 1.82) is 0 Å². The third kappa shape index (κ3) is 7.61. The second-order valence-electron chi connectivity index (χ2n) is 16.6. The third-order valence-electron chi connectivity index (χ3n) is 13.0. The van der Waals surface area contributed by atoms with Gasteiger partial charge in [-0.25, -0.2) is 14.8 Å². The van der Waals surface area contributed by atoms with E-state index >= 15 is 0 Å². The Balaban J connectivity index is 0.860. The van der Waals surface area contributed by atoms with Gasteiger partial charge in [0.05, 0.1) is 48.5 Å². The highest BCUT2D eigenvalue weighted by Gasteiger charge is 2.40. The number of carbonyl (C=O) groups is 3. The quantitative estimate of drug-likeness (QED) is 0.132. The number of methoxy groups -OCH3 is 1. The normalized spacial score (nSPS) is 18.9. The molecular formula is C49H49N7O5. The predicted octanol–water partition coefficient (Wildman–Crippen LogP) is 8.65. The molecule has 5 heterocycles. The maximum Gasteiger partial charge on any atom is 0.407 e. The van der Waals surface area contributed by atoms with E-state index in [0.29, 0.717) is 39.0 Å². The van der Waals surface area contributed by atoms with Gasteiger partial charge in [-0.1, -0.05) is 72.8 Å². The molecule has 2 aromatic heterocycles. The molecule has 3 atom stereocenters. The van der Waals surface area contributed by atoms with Gasteiger partial charge in [0.15, 0.2) is 0 Å². The number of rotatable bonds is 9. The Kier molecular flexibility index (Phi) is 10.5. The lowest BCUT2D eigenvalue weighted by Crippen LogP contribution is -2.53. The van der Waals surface area contributed by atoms with Gasteiger partial charge in [-0.2, -0.15) is 0 Å². The summed E-state index contributed by atoms with van der Waals surface area (Å²) in [5, 5.41) is 7.23. The molecule has 3 aliphatic rings. The van der Waals surface area contributed by atoms with Crippen LogP contribution in [0.2, 0.25) is 0 Å².